The Balaban J connectivity index is 2.39. The minimum atomic E-state index is -0.465. The smallest absolute Gasteiger partial charge is 0.353 e. The van der Waals surface area contributed by atoms with Crippen molar-refractivity contribution >= 4 is 17.3 Å². The van der Waals surface area contributed by atoms with Crippen LogP contribution < -0.4 is 10.2 Å². The Morgan fingerprint density at radius 3 is 2.94 bits per heavy atom. The normalized spacial score (nSPS) is 18.7. The van der Waals surface area contributed by atoms with Gasteiger partial charge in [0.05, 0.1) is 17.6 Å². The van der Waals surface area contributed by atoms with E-state index < -0.39 is 4.92 Å². The van der Waals surface area contributed by atoms with Gasteiger partial charge < -0.3 is 15.0 Å². The third kappa shape index (κ3) is 2.19. The number of rotatable bonds is 4. The molecular weight excluding hydrogens is 238 g/mol. The number of nitrogens with zero attached hydrogens (tertiary/aromatic N) is 4. The van der Waals surface area contributed by atoms with Crippen molar-refractivity contribution in [1.29, 1.82) is 0 Å². The molecule has 18 heavy (non-hydrogen) atoms. The van der Waals surface area contributed by atoms with E-state index in [2.05, 4.69) is 15.3 Å². The standard InChI is InChI=1S/C10H15N5O3/c1-11-9-8(15(16)17)10(13-6-12-9)14(2)7-3-4-18-5-7/h6-7H,3-5H2,1-2H3,(H,11,12,13). The van der Waals surface area contributed by atoms with Crippen molar-refractivity contribution in [3.63, 3.8) is 0 Å². The largest absolute Gasteiger partial charge is 0.379 e. The minimum absolute atomic E-state index is 0.102. The summed E-state index contributed by atoms with van der Waals surface area (Å²) in [6.07, 6.45) is 2.16. The number of nitrogens with one attached hydrogen (secondary N) is 1. The van der Waals surface area contributed by atoms with Crippen LogP contribution >= 0.6 is 0 Å². The van der Waals surface area contributed by atoms with Gasteiger partial charge in [0, 0.05) is 20.7 Å². The summed E-state index contributed by atoms with van der Waals surface area (Å²) in [4.78, 5) is 20.4. The molecule has 0 bridgehead atoms. The van der Waals surface area contributed by atoms with E-state index in [9.17, 15) is 10.1 Å². The Morgan fingerprint density at radius 1 is 1.61 bits per heavy atom. The number of hydrogen-bond acceptors (Lipinski definition) is 7. The van der Waals surface area contributed by atoms with Gasteiger partial charge in [-0.1, -0.05) is 0 Å². The van der Waals surface area contributed by atoms with E-state index in [0.29, 0.717) is 19.0 Å². The summed E-state index contributed by atoms with van der Waals surface area (Å²) in [6.45, 7) is 1.24. The third-order valence-electron chi connectivity index (χ3n) is 3.01. The van der Waals surface area contributed by atoms with Gasteiger partial charge in [0.1, 0.15) is 6.33 Å². The summed E-state index contributed by atoms with van der Waals surface area (Å²) in [5.41, 5.74) is -0.102. The second-order valence-electron chi connectivity index (χ2n) is 4.03. The van der Waals surface area contributed by atoms with E-state index in [1.807, 2.05) is 0 Å². The van der Waals surface area contributed by atoms with Crippen LogP contribution in [0.25, 0.3) is 0 Å². The molecule has 0 aromatic carbocycles. The van der Waals surface area contributed by atoms with Crippen LogP contribution in [0.1, 0.15) is 6.42 Å². The molecule has 8 nitrogen and oxygen atoms in total. The summed E-state index contributed by atoms with van der Waals surface area (Å²) >= 11 is 0. The molecule has 1 saturated heterocycles. The SMILES string of the molecule is CNc1ncnc(N(C)C2CCOC2)c1[N+](=O)[O-]. The highest BCUT2D eigenvalue weighted by Crippen LogP contribution is 2.32. The molecule has 0 aliphatic carbocycles. The van der Waals surface area contributed by atoms with Gasteiger partial charge >= 0.3 is 5.69 Å². The van der Waals surface area contributed by atoms with E-state index in [1.165, 1.54) is 6.33 Å². The first-order valence-corrected chi connectivity index (χ1v) is 5.63. The molecule has 0 spiro atoms. The second-order valence-corrected chi connectivity index (χ2v) is 4.03. The van der Waals surface area contributed by atoms with Crippen LogP contribution in [0.4, 0.5) is 17.3 Å². The fourth-order valence-electron chi connectivity index (χ4n) is 1.98. The zero-order valence-electron chi connectivity index (χ0n) is 10.3. The van der Waals surface area contributed by atoms with Gasteiger partial charge in [0.2, 0.25) is 11.6 Å². The average molecular weight is 253 g/mol. The van der Waals surface area contributed by atoms with Crippen LogP contribution in [0, 0.1) is 10.1 Å². The number of likely N-dealkylation sites (N-methyl/N-ethyl adjacent to an activating group) is 1. The molecule has 0 amide bonds. The van der Waals surface area contributed by atoms with E-state index in [-0.39, 0.29) is 17.5 Å². The maximum atomic E-state index is 11.1. The zero-order valence-corrected chi connectivity index (χ0v) is 10.3. The van der Waals surface area contributed by atoms with Crippen LogP contribution in [0.2, 0.25) is 0 Å². The van der Waals surface area contributed by atoms with Crippen molar-refractivity contribution in [1.82, 2.24) is 9.97 Å². The van der Waals surface area contributed by atoms with Gasteiger partial charge in [-0.15, -0.1) is 0 Å². The monoisotopic (exact) mass is 253 g/mol. The Morgan fingerprint density at radius 2 is 2.39 bits per heavy atom. The van der Waals surface area contributed by atoms with Crippen LogP contribution in [-0.4, -0.2) is 48.2 Å². The quantitative estimate of drug-likeness (QED) is 0.622. The van der Waals surface area contributed by atoms with Gasteiger partial charge in [-0.3, -0.25) is 10.1 Å². The molecule has 0 radical (unpaired) electrons. The van der Waals surface area contributed by atoms with Crippen molar-refractivity contribution in [3.8, 4) is 0 Å². The van der Waals surface area contributed by atoms with E-state index in [0.717, 1.165) is 6.42 Å². The lowest BCUT2D eigenvalue weighted by atomic mass is 10.2. The van der Waals surface area contributed by atoms with Crippen molar-refractivity contribution in [2.75, 3.05) is 37.5 Å². The molecule has 98 valence electrons. The third-order valence-corrected chi connectivity index (χ3v) is 3.01. The summed E-state index contributed by atoms with van der Waals surface area (Å²) in [7, 11) is 3.38. The van der Waals surface area contributed by atoms with E-state index in [4.69, 9.17) is 4.74 Å². The molecule has 1 N–H and O–H groups in total. The maximum absolute atomic E-state index is 11.1. The lowest BCUT2D eigenvalue weighted by Gasteiger charge is -2.23. The van der Waals surface area contributed by atoms with Crippen molar-refractivity contribution in [3.05, 3.63) is 16.4 Å². The molecule has 1 unspecified atom stereocenters. The van der Waals surface area contributed by atoms with Gasteiger partial charge in [-0.2, -0.15) is 0 Å². The fourth-order valence-corrected chi connectivity index (χ4v) is 1.98. The summed E-state index contributed by atoms with van der Waals surface area (Å²) in [5, 5.41) is 13.9. The minimum Gasteiger partial charge on any atom is -0.379 e. The first-order chi connectivity index (χ1) is 8.65. The summed E-state index contributed by atoms with van der Waals surface area (Å²) in [6, 6.07) is 0.114. The molecule has 1 aliphatic rings. The van der Waals surface area contributed by atoms with E-state index >= 15 is 0 Å². The topological polar surface area (TPSA) is 93.4 Å². The molecule has 1 aromatic heterocycles. The van der Waals surface area contributed by atoms with Crippen molar-refractivity contribution < 1.29 is 9.66 Å². The molecule has 1 fully saturated rings. The highest BCUT2D eigenvalue weighted by molar-refractivity contribution is 5.70. The van der Waals surface area contributed by atoms with Crippen LogP contribution in [-0.2, 0) is 4.74 Å². The number of ether oxygens (including phenoxy) is 1. The highest BCUT2D eigenvalue weighted by atomic mass is 16.6. The molecule has 1 atom stereocenters. The van der Waals surface area contributed by atoms with Crippen LogP contribution in [0.5, 0.6) is 0 Å². The van der Waals surface area contributed by atoms with Gasteiger partial charge in [-0.25, -0.2) is 9.97 Å². The zero-order chi connectivity index (χ0) is 13.1. The van der Waals surface area contributed by atoms with Crippen molar-refractivity contribution in [2.45, 2.75) is 12.5 Å². The number of hydrogen-bond donors (Lipinski definition) is 1. The Labute approximate surface area is 104 Å². The Kier molecular flexibility index (Phi) is 3.56. The van der Waals surface area contributed by atoms with Gasteiger partial charge in [-0.05, 0) is 6.42 Å². The van der Waals surface area contributed by atoms with Gasteiger partial charge in [0.25, 0.3) is 0 Å². The maximum Gasteiger partial charge on any atom is 0.353 e. The van der Waals surface area contributed by atoms with Crippen LogP contribution in [0.3, 0.4) is 0 Å². The van der Waals surface area contributed by atoms with Gasteiger partial charge in [0.15, 0.2) is 0 Å². The molecule has 2 heterocycles. The molecule has 1 aromatic rings. The predicted molar refractivity (Wildman–Crippen MR) is 65.9 cm³/mol. The van der Waals surface area contributed by atoms with Crippen molar-refractivity contribution in [2.24, 2.45) is 0 Å². The molecule has 2 rings (SSSR count). The molecule has 8 heteroatoms. The second kappa shape index (κ2) is 5.13. The molecular formula is C10H15N5O3. The average Bonchev–Trinajstić information content (AvgIpc) is 2.90. The number of nitro groups is 1. The highest BCUT2D eigenvalue weighted by Gasteiger charge is 2.30. The van der Waals surface area contributed by atoms with E-state index in [1.54, 1.807) is 19.0 Å². The first-order valence-electron chi connectivity index (χ1n) is 5.63. The summed E-state index contributed by atoms with van der Waals surface area (Å²) in [5.74, 6) is 0.533. The number of anilines is 2. The summed E-state index contributed by atoms with van der Waals surface area (Å²) < 4.78 is 5.29. The lowest BCUT2D eigenvalue weighted by molar-refractivity contribution is -0.383. The first kappa shape index (κ1) is 12.5. The van der Waals surface area contributed by atoms with Crippen LogP contribution in [0.15, 0.2) is 6.33 Å². The molecule has 0 saturated carbocycles. The Bertz CT molecular complexity index is 447. The fraction of sp³-hybridized carbons (Fsp3) is 0.600. The predicted octanol–water partition coefficient (Wildman–Crippen LogP) is 0.652. The number of aromatic nitrogens is 2. The Hall–Kier alpha value is -1.96. The molecule has 1 aliphatic heterocycles. The lowest BCUT2D eigenvalue weighted by Crippen LogP contribution is -2.33.